The predicted molar refractivity (Wildman–Crippen MR) is 270 cm³/mol. The normalized spacial score (nSPS) is 12.1. The van der Waals surface area contributed by atoms with Crippen molar-refractivity contribution in [3.63, 3.8) is 0 Å². The molecule has 6 nitrogen and oxygen atoms in total. The maximum atomic E-state index is 12.8. The molecule has 1 unspecified atom stereocenters. The van der Waals surface area contributed by atoms with Crippen molar-refractivity contribution in [3.8, 4) is 0 Å². The van der Waals surface area contributed by atoms with E-state index in [1.165, 1.54) is 193 Å². The Morgan fingerprint density at radius 3 is 0.841 bits per heavy atom. The summed E-state index contributed by atoms with van der Waals surface area (Å²) in [7, 11) is 0. The van der Waals surface area contributed by atoms with E-state index in [1.807, 2.05) is 0 Å². The molecule has 63 heavy (non-hydrogen) atoms. The summed E-state index contributed by atoms with van der Waals surface area (Å²) in [4.78, 5) is 38.0. The molecule has 0 aliphatic heterocycles. The summed E-state index contributed by atoms with van der Waals surface area (Å²) in [5.41, 5.74) is 0. The number of hydrogen-bond acceptors (Lipinski definition) is 6. The molecule has 6 heteroatoms. The summed E-state index contributed by atoms with van der Waals surface area (Å²) in [6.45, 7) is 6.62. The molecular formula is C57H106O6. The second kappa shape index (κ2) is 52.5. The SMILES string of the molecule is CCCC/C=C\CCCCCCCC(=O)OCC(COC(=O)CCCCCCCCCCCCCCCCCCCCCC)OC(=O)CCCCCCC/C=C\CCCCCCC. The summed E-state index contributed by atoms with van der Waals surface area (Å²) in [6, 6.07) is 0. The van der Waals surface area contributed by atoms with Gasteiger partial charge in [-0.1, -0.05) is 244 Å². The Hall–Kier alpha value is -2.11. The Morgan fingerprint density at radius 2 is 0.540 bits per heavy atom. The Kier molecular flexibility index (Phi) is 50.8. The Bertz CT molecular complexity index is 1020. The average molecular weight is 887 g/mol. The summed E-state index contributed by atoms with van der Waals surface area (Å²) >= 11 is 0. The van der Waals surface area contributed by atoms with Crippen molar-refractivity contribution in [2.75, 3.05) is 13.2 Å². The lowest BCUT2D eigenvalue weighted by Gasteiger charge is -2.18. The van der Waals surface area contributed by atoms with Crippen LogP contribution >= 0.6 is 0 Å². The maximum absolute atomic E-state index is 12.8. The minimum atomic E-state index is -0.774. The lowest BCUT2D eigenvalue weighted by molar-refractivity contribution is -0.167. The molecular weight excluding hydrogens is 781 g/mol. The lowest BCUT2D eigenvalue weighted by Crippen LogP contribution is -2.30. The van der Waals surface area contributed by atoms with Gasteiger partial charge < -0.3 is 14.2 Å². The van der Waals surface area contributed by atoms with Gasteiger partial charge >= 0.3 is 17.9 Å². The van der Waals surface area contributed by atoms with E-state index in [-0.39, 0.29) is 31.1 Å². The third kappa shape index (κ3) is 50.7. The fourth-order valence-electron chi connectivity index (χ4n) is 8.18. The largest absolute Gasteiger partial charge is 0.462 e. The molecule has 0 bridgehead atoms. The zero-order valence-corrected chi connectivity index (χ0v) is 42.4. The van der Waals surface area contributed by atoms with E-state index >= 15 is 0 Å². The minimum absolute atomic E-state index is 0.0732. The second-order valence-corrected chi connectivity index (χ2v) is 18.8. The molecule has 0 spiro atoms. The zero-order valence-electron chi connectivity index (χ0n) is 42.4. The molecule has 0 aromatic heterocycles. The molecule has 1 atom stereocenters. The molecule has 0 rings (SSSR count). The molecule has 0 heterocycles. The first-order valence-corrected chi connectivity index (χ1v) is 27.8. The van der Waals surface area contributed by atoms with Crippen molar-refractivity contribution >= 4 is 17.9 Å². The molecule has 0 aromatic carbocycles. The monoisotopic (exact) mass is 887 g/mol. The summed E-state index contributed by atoms with van der Waals surface area (Å²) < 4.78 is 16.8. The summed E-state index contributed by atoms with van der Waals surface area (Å²) in [6.07, 6.45) is 60.3. The number of carbonyl (C=O) groups excluding carboxylic acids is 3. The second-order valence-electron chi connectivity index (χ2n) is 18.8. The standard InChI is InChI=1S/C57H106O6/c1-4-7-10-13-16-19-22-24-26-27-28-29-30-31-33-35-38-41-44-47-50-56(59)62-53-54(52-61-55(58)49-46-43-40-37-34-21-18-15-12-9-6-3)63-57(60)51-48-45-42-39-36-32-25-23-20-17-14-11-8-5-2/h15,18,23,25,54H,4-14,16-17,19-22,24,26-53H2,1-3H3/b18-15-,25-23-. The van der Waals surface area contributed by atoms with Crippen LogP contribution in [0.2, 0.25) is 0 Å². The number of ether oxygens (including phenoxy) is 3. The first-order chi connectivity index (χ1) is 31.0. The zero-order chi connectivity index (χ0) is 45.8. The number of rotatable bonds is 51. The minimum Gasteiger partial charge on any atom is -0.462 e. The molecule has 0 aliphatic carbocycles. The highest BCUT2D eigenvalue weighted by molar-refractivity contribution is 5.71. The maximum Gasteiger partial charge on any atom is 0.306 e. The molecule has 0 amide bonds. The highest BCUT2D eigenvalue weighted by atomic mass is 16.6. The topological polar surface area (TPSA) is 78.9 Å². The first kappa shape index (κ1) is 60.9. The van der Waals surface area contributed by atoms with Crippen LogP contribution in [0.3, 0.4) is 0 Å². The molecule has 0 saturated carbocycles. The van der Waals surface area contributed by atoms with Crippen LogP contribution in [-0.4, -0.2) is 37.2 Å². The van der Waals surface area contributed by atoms with Gasteiger partial charge in [-0.2, -0.15) is 0 Å². The number of hydrogen-bond donors (Lipinski definition) is 0. The molecule has 0 fully saturated rings. The van der Waals surface area contributed by atoms with Gasteiger partial charge in [0.1, 0.15) is 13.2 Å². The summed E-state index contributed by atoms with van der Waals surface area (Å²) in [5.74, 6) is -0.876. The molecule has 370 valence electrons. The fraction of sp³-hybridized carbons (Fsp3) is 0.877. The Labute approximate surface area is 392 Å². The number of carbonyl (C=O) groups is 3. The van der Waals surface area contributed by atoms with Gasteiger partial charge in [-0.05, 0) is 64.2 Å². The van der Waals surface area contributed by atoms with Gasteiger partial charge in [-0.25, -0.2) is 0 Å². The van der Waals surface area contributed by atoms with Gasteiger partial charge in [0.25, 0.3) is 0 Å². The van der Waals surface area contributed by atoms with Gasteiger partial charge in [0.05, 0.1) is 0 Å². The fourth-order valence-corrected chi connectivity index (χ4v) is 8.18. The van der Waals surface area contributed by atoms with Gasteiger partial charge in [0, 0.05) is 19.3 Å². The Balaban J connectivity index is 4.27. The Morgan fingerprint density at radius 1 is 0.302 bits per heavy atom. The van der Waals surface area contributed by atoms with Gasteiger partial charge in [-0.3, -0.25) is 14.4 Å². The first-order valence-electron chi connectivity index (χ1n) is 27.8. The quantitative estimate of drug-likeness (QED) is 0.0262. The van der Waals surface area contributed by atoms with E-state index in [9.17, 15) is 14.4 Å². The van der Waals surface area contributed by atoms with Crippen molar-refractivity contribution in [2.45, 2.75) is 309 Å². The average Bonchev–Trinajstić information content (AvgIpc) is 3.28. The van der Waals surface area contributed by atoms with E-state index in [0.29, 0.717) is 19.3 Å². The molecule has 0 aliphatic rings. The molecule has 0 saturated heterocycles. The van der Waals surface area contributed by atoms with E-state index in [2.05, 4.69) is 45.1 Å². The highest BCUT2D eigenvalue weighted by Gasteiger charge is 2.19. The third-order valence-corrected chi connectivity index (χ3v) is 12.4. The van der Waals surface area contributed by atoms with Crippen LogP contribution in [0, 0.1) is 0 Å². The highest BCUT2D eigenvalue weighted by Crippen LogP contribution is 2.17. The predicted octanol–water partition coefficient (Wildman–Crippen LogP) is 18.3. The third-order valence-electron chi connectivity index (χ3n) is 12.4. The van der Waals surface area contributed by atoms with Gasteiger partial charge in [0.2, 0.25) is 0 Å². The van der Waals surface area contributed by atoms with Crippen molar-refractivity contribution in [3.05, 3.63) is 24.3 Å². The summed E-state index contributed by atoms with van der Waals surface area (Å²) in [5, 5.41) is 0. The molecule has 0 N–H and O–H groups in total. The van der Waals surface area contributed by atoms with Crippen molar-refractivity contribution in [1.82, 2.24) is 0 Å². The number of esters is 3. The number of unbranched alkanes of at least 4 members (excludes halogenated alkanes) is 36. The van der Waals surface area contributed by atoms with Gasteiger partial charge in [0.15, 0.2) is 6.10 Å². The van der Waals surface area contributed by atoms with Crippen molar-refractivity contribution in [1.29, 1.82) is 0 Å². The van der Waals surface area contributed by atoms with Gasteiger partial charge in [-0.15, -0.1) is 0 Å². The van der Waals surface area contributed by atoms with Crippen LogP contribution in [0.4, 0.5) is 0 Å². The van der Waals surface area contributed by atoms with Crippen LogP contribution in [-0.2, 0) is 28.6 Å². The molecule has 0 aromatic rings. The smallest absolute Gasteiger partial charge is 0.306 e. The van der Waals surface area contributed by atoms with Crippen LogP contribution < -0.4 is 0 Å². The van der Waals surface area contributed by atoms with Crippen LogP contribution in [0.15, 0.2) is 24.3 Å². The van der Waals surface area contributed by atoms with E-state index in [0.717, 1.165) is 70.6 Å². The molecule has 0 radical (unpaired) electrons. The van der Waals surface area contributed by atoms with Crippen LogP contribution in [0.25, 0.3) is 0 Å². The number of allylic oxidation sites excluding steroid dienone is 4. The van der Waals surface area contributed by atoms with E-state index in [4.69, 9.17) is 14.2 Å². The van der Waals surface area contributed by atoms with Crippen LogP contribution in [0.1, 0.15) is 303 Å². The van der Waals surface area contributed by atoms with Crippen LogP contribution in [0.5, 0.6) is 0 Å². The van der Waals surface area contributed by atoms with E-state index < -0.39 is 6.10 Å². The van der Waals surface area contributed by atoms with Crippen molar-refractivity contribution < 1.29 is 28.6 Å². The van der Waals surface area contributed by atoms with E-state index in [1.54, 1.807) is 0 Å². The van der Waals surface area contributed by atoms with Crippen molar-refractivity contribution in [2.24, 2.45) is 0 Å². The lowest BCUT2D eigenvalue weighted by atomic mass is 10.0.